The molecule has 0 aromatic carbocycles. The summed E-state index contributed by atoms with van der Waals surface area (Å²) in [6.07, 6.45) is 1.11. The summed E-state index contributed by atoms with van der Waals surface area (Å²) in [6.45, 7) is 6.63. The van der Waals surface area contributed by atoms with Crippen molar-refractivity contribution in [1.82, 2.24) is 0 Å². The lowest BCUT2D eigenvalue weighted by molar-refractivity contribution is -0.137. The summed E-state index contributed by atoms with van der Waals surface area (Å²) in [4.78, 5) is 28.5. The molecule has 0 aliphatic carbocycles. The Kier molecular flexibility index (Phi) is 19.4. The van der Waals surface area contributed by atoms with Gasteiger partial charge in [0.1, 0.15) is 5.78 Å². The van der Waals surface area contributed by atoms with Gasteiger partial charge in [-0.05, 0) is 6.92 Å². The maximum Gasteiger partial charge on any atom is 0.303 e. The molecule has 0 bridgehead atoms. The van der Waals surface area contributed by atoms with Crippen molar-refractivity contribution in [2.75, 3.05) is 0 Å². The predicted molar refractivity (Wildman–Crippen MR) is 56.8 cm³/mol. The van der Waals surface area contributed by atoms with E-state index in [1.807, 2.05) is 6.92 Å². The normalized spacial score (nSPS) is 7.47. The van der Waals surface area contributed by atoms with Crippen molar-refractivity contribution in [1.29, 1.82) is 0 Å². The van der Waals surface area contributed by atoms with Crippen molar-refractivity contribution in [3.8, 4) is 0 Å². The van der Waals surface area contributed by atoms with Gasteiger partial charge in [0.05, 0.1) is 0 Å². The van der Waals surface area contributed by atoms with Crippen LogP contribution < -0.4 is 0 Å². The lowest BCUT2D eigenvalue weighted by atomic mass is 10.4. The van der Waals surface area contributed by atoms with Crippen LogP contribution in [0.5, 0.6) is 0 Å². The van der Waals surface area contributed by atoms with E-state index in [1.165, 1.54) is 0 Å². The number of ketones is 1. The van der Waals surface area contributed by atoms with Crippen LogP contribution in [0.15, 0.2) is 0 Å². The van der Waals surface area contributed by atoms with Gasteiger partial charge < -0.3 is 15.0 Å². The minimum absolute atomic E-state index is 0.222. The molecule has 0 rings (SSSR count). The Morgan fingerprint density at radius 3 is 0.933 bits per heavy atom. The van der Waals surface area contributed by atoms with Gasteiger partial charge in [0, 0.05) is 19.3 Å². The van der Waals surface area contributed by atoms with Crippen molar-refractivity contribution in [3.05, 3.63) is 0 Å². The lowest BCUT2D eigenvalue weighted by Crippen LogP contribution is -1.86. The van der Waals surface area contributed by atoms with Crippen LogP contribution in [0.4, 0.5) is 0 Å². The van der Waals surface area contributed by atoms with Gasteiger partial charge in [-0.25, -0.2) is 0 Å². The third-order valence-electron chi connectivity index (χ3n) is 1.10. The van der Waals surface area contributed by atoms with Crippen molar-refractivity contribution in [3.63, 3.8) is 0 Å². The number of carbonyl (C=O) groups excluding carboxylic acids is 1. The zero-order valence-electron chi connectivity index (χ0n) is 9.74. The van der Waals surface area contributed by atoms with E-state index < -0.39 is 11.9 Å². The fourth-order valence-corrected chi connectivity index (χ4v) is 0. The largest absolute Gasteiger partial charge is 0.481 e. The molecule has 0 radical (unpaired) electrons. The number of carboxylic acids is 2. The predicted octanol–water partition coefficient (Wildman–Crippen LogP) is 1.95. The molecule has 15 heavy (non-hydrogen) atoms. The van der Waals surface area contributed by atoms with E-state index in [2.05, 4.69) is 0 Å². The number of carboxylic acid groups (broad SMARTS) is 2. The Hall–Kier alpha value is -1.39. The van der Waals surface area contributed by atoms with Crippen LogP contribution in [0, 0.1) is 0 Å². The number of rotatable bonds is 3. The highest BCUT2D eigenvalue weighted by Crippen LogP contribution is 1.71. The fraction of sp³-hybridized carbons (Fsp3) is 0.700. The molecule has 0 atom stereocenters. The Morgan fingerprint density at radius 2 is 0.933 bits per heavy atom. The van der Waals surface area contributed by atoms with E-state index in [0.29, 0.717) is 6.42 Å². The molecule has 0 aliphatic heterocycles. The Labute approximate surface area is 90.1 Å². The molecule has 5 nitrogen and oxygen atoms in total. The van der Waals surface area contributed by atoms with E-state index in [4.69, 9.17) is 10.2 Å². The second-order valence-electron chi connectivity index (χ2n) is 2.55. The molecule has 0 unspecified atom stereocenters. The monoisotopic (exact) mass is 220 g/mol. The molecule has 0 amide bonds. The molecule has 5 heteroatoms. The highest BCUT2D eigenvalue weighted by Gasteiger charge is 1.81. The standard InChI is InChI=1S/C4H8O.2C3H6O2/c1-3-4(2)5;2*1-2-3(4)5/h3H2,1-2H3;2*2H2,1H3,(H,4,5). The summed E-state index contributed by atoms with van der Waals surface area (Å²) in [5.41, 5.74) is 0. The zero-order valence-corrected chi connectivity index (χ0v) is 9.74. The van der Waals surface area contributed by atoms with Crippen LogP contribution in [-0.4, -0.2) is 27.9 Å². The van der Waals surface area contributed by atoms with Gasteiger partial charge in [-0.3, -0.25) is 9.59 Å². The molecule has 0 aromatic heterocycles. The van der Waals surface area contributed by atoms with Gasteiger partial charge in [-0.2, -0.15) is 0 Å². The van der Waals surface area contributed by atoms with E-state index >= 15 is 0 Å². The van der Waals surface area contributed by atoms with Crippen LogP contribution in [0.2, 0.25) is 0 Å². The third kappa shape index (κ3) is 66.8. The summed E-state index contributed by atoms with van der Waals surface area (Å²) in [5.74, 6) is -1.24. The quantitative estimate of drug-likeness (QED) is 0.758. The maximum atomic E-state index is 9.81. The number of hydrogen-bond acceptors (Lipinski definition) is 3. The molecule has 0 fully saturated rings. The van der Waals surface area contributed by atoms with Gasteiger partial charge in [-0.1, -0.05) is 20.8 Å². The fourth-order valence-electron chi connectivity index (χ4n) is 0. The lowest BCUT2D eigenvalue weighted by Gasteiger charge is -1.71. The zero-order chi connectivity index (χ0) is 12.9. The summed E-state index contributed by atoms with van der Waals surface area (Å²) < 4.78 is 0. The van der Waals surface area contributed by atoms with E-state index in [9.17, 15) is 14.4 Å². The molecule has 0 saturated carbocycles. The van der Waals surface area contributed by atoms with E-state index in [1.54, 1.807) is 20.8 Å². The minimum Gasteiger partial charge on any atom is -0.481 e. The van der Waals surface area contributed by atoms with Crippen molar-refractivity contribution < 1.29 is 24.6 Å². The minimum atomic E-state index is -0.745. The highest BCUT2D eigenvalue weighted by molar-refractivity contribution is 5.74. The number of Topliss-reactive ketones (excluding diaryl/α,β-unsaturated/α-hetero) is 1. The first-order valence-corrected chi connectivity index (χ1v) is 4.74. The summed E-state index contributed by atoms with van der Waals surface area (Å²) >= 11 is 0. The molecular weight excluding hydrogens is 200 g/mol. The van der Waals surface area contributed by atoms with Crippen LogP contribution >= 0.6 is 0 Å². The molecule has 0 aromatic rings. The van der Waals surface area contributed by atoms with Crippen LogP contribution in [0.1, 0.15) is 47.0 Å². The smallest absolute Gasteiger partial charge is 0.303 e. The van der Waals surface area contributed by atoms with E-state index in [-0.39, 0.29) is 18.6 Å². The second kappa shape index (κ2) is 15.1. The van der Waals surface area contributed by atoms with Gasteiger partial charge >= 0.3 is 11.9 Å². The van der Waals surface area contributed by atoms with Crippen LogP contribution in [0.3, 0.4) is 0 Å². The number of hydrogen-bond donors (Lipinski definition) is 2. The van der Waals surface area contributed by atoms with Gasteiger partial charge in [0.15, 0.2) is 0 Å². The molecular formula is C10H20O5. The first-order valence-electron chi connectivity index (χ1n) is 4.74. The first kappa shape index (κ1) is 19.2. The molecule has 0 spiro atoms. The van der Waals surface area contributed by atoms with Gasteiger partial charge in [0.25, 0.3) is 0 Å². The average Bonchev–Trinajstić information content (AvgIpc) is 2.19. The number of aliphatic carboxylic acids is 2. The topological polar surface area (TPSA) is 91.7 Å². The van der Waals surface area contributed by atoms with Crippen LogP contribution in [0.25, 0.3) is 0 Å². The van der Waals surface area contributed by atoms with Crippen molar-refractivity contribution in [2.45, 2.75) is 47.0 Å². The Balaban J connectivity index is -0.000000144. The molecule has 0 saturated heterocycles. The van der Waals surface area contributed by atoms with Crippen molar-refractivity contribution >= 4 is 17.7 Å². The molecule has 90 valence electrons. The Bertz CT molecular complexity index is 153. The third-order valence-corrected chi connectivity index (χ3v) is 1.10. The van der Waals surface area contributed by atoms with Crippen LogP contribution in [-0.2, 0) is 14.4 Å². The summed E-state index contributed by atoms with van der Waals surface area (Å²) in [6, 6.07) is 0. The van der Waals surface area contributed by atoms with Crippen molar-refractivity contribution in [2.24, 2.45) is 0 Å². The summed E-state index contributed by atoms with van der Waals surface area (Å²) in [5, 5.41) is 15.4. The highest BCUT2D eigenvalue weighted by atomic mass is 16.4. The van der Waals surface area contributed by atoms with Gasteiger partial charge in [0.2, 0.25) is 0 Å². The van der Waals surface area contributed by atoms with Gasteiger partial charge in [-0.15, -0.1) is 0 Å². The average molecular weight is 220 g/mol. The second-order valence-corrected chi connectivity index (χ2v) is 2.55. The van der Waals surface area contributed by atoms with E-state index in [0.717, 1.165) is 0 Å². The maximum absolute atomic E-state index is 9.81. The Morgan fingerprint density at radius 1 is 0.800 bits per heavy atom. The molecule has 2 N–H and O–H groups in total. The number of carbonyl (C=O) groups is 3. The molecule has 0 aliphatic rings. The first-order chi connectivity index (χ1) is 6.81. The molecule has 0 heterocycles. The SMILES string of the molecule is CCC(=O)O.CCC(=O)O.CCC(C)=O. The summed E-state index contributed by atoms with van der Waals surface area (Å²) in [7, 11) is 0.